The summed E-state index contributed by atoms with van der Waals surface area (Å²) in [5.41, 5.74) is 5.65. The minimum atomic E-state index is -0.513. The highest BCUT2D eigenvalue weighted by Crippen LogP contribution is 2.28. The summed E-state index contributed by atoms with van der Waals surface area (Å²) in [4.78, 5) is 32.8. The molecule has 168 valence electrons. The molecule has 0 aliphatic rings. The number of nitrogens with zero attached hydrogens (tertiary/aromatic N) is 1. The molecule has 3 aromatic carbocycles. The van der Waals surface area contributed by atoms with Crippen LogP contribution in [0.5, 0.6) is 0 Å². The third kappa shape index (κ3) is 5.12. The summed E-state index contributed by atoms with van der Waals surface area (Å²) in [6.07, 6.45) is 0. The van der Waals surface area contributed by atoms with Crippen molar-refractivity contribution in [1.29, 1.82) is 0 Å². The first-order valence-electron chi connectivity index (χ1n) is 10.9. The van der Waals surface area contributed by atoms with Crippen LogP contribution in [0.2, 0.25) is 0 Å². The van der Waals surface area contributed by atoms with Gasteiger partial charge in [0.15, 0.2) is 0 Å². The maximum Gasteiger partial charge on any atom is 0.251 e. The van der Waals surface area contributed by atoms with E-state index in [0.717, 1.165) is 33.3 Å². The van der Waals surface area contributed by atoms with Gasteiger partial charge in [-0.3, -0.25) is 14.9 Å². The fourth-order valence-corrected chi connectivity index (χ4v) is 3.53. The largest absolute Gasteiger partial charge is 0.348 e. The van der Waals surface area contributed by atoms with Crippen LogP contribution in [0.4, 0.5) is 5.95 Å². The lowest BCUT2D eigenvalue weighted by molar-refractivity contribution is -0.123. The molecule has 1 heterocycles. The highest BCUT2D eigenvalue weighted by molar-refractivity contribution is 5.97. The van der Waals surface area contributed by atoms with Crippen LogP contribution in [0.3, 0.4) is 0 Å². The van der Waals surface area contributed by atoms with E-state index in [2.05, 4.69) is 20.6 Å². The Labute approximate surface area is 193 Å². The van der Waals surface area contributed by atoms with Crippen molar-refractivity contribution in [3.63, 3.8) is 0 Å². The van der Waals surface area contributed by atoms with Crippen molar-refractivity contribution in [3.8, 4) is 11.1 Å². The third-order valence-corrected chi connectivity index (χ3v) is 5.44. The molecule has 4 aromatic rings. The Morgan fingerprint density at radius 2 is 1.70 bits per heavy atom. The van der Waals surface area contributed by atoms with Crippen LogP contribution in [0.25, 0.3) is 22.2 Å². The van der Waals surface area contributed by atoms with Crippen molar-refractivity contribution >= 4 is 28.8 Å². The van der Waals surface area contributed by atoms with E-state index >= 15 is 0 Å². The fraction of sp³-hybridized carbons (Fsp3) is 0.222. The first kappa shape index (κ1) is 22.3. The molecule has 0 radical (unpaired) electrons. The summed E-state index contributed by atoms with van der Waals surface area (Å²) in [6, 6.07) is 21.4. The van der Waals surface area contributed by atoms with E-state index in [1.54, 1.807) is 0 Å². The average molecular weight is 441 g/mol. The van der Waals surface area contributed by atoms with Gasteiger partial charge < -0.3 is 10.3 Å². The Hall–Kier alpha value is -3.93. The van der Waals surface area contributed by atoms with Gasteiger partial charge in [0.2, 0.25) is 11.9 Å². The van der Waals surface area contributed by atoms with Gasteiger partial charge in [-0.15, -0.1) is 0 Å². The number of rotatable bonds is 5. The molecule has 0 saturated carbocycles. The van der Waals surface area contributed by atoms with Gasteiger partial charge >= 0.3 is 0 Å². The minimum Gasteiger partial charge on any atom is -0.348 e. The number of H-pyrrole nitrogens is 1. The van der Waals surface area contributed by atoms with E-state index in [9.17, 15) is 9.59 Å². The first-order chi connectivity index (χ1) is 15.7. The van der Waals surface area contributed by atoms with Crippen molar-refractivity contribution in [2.75, 3.05) is 5.32 Å². The topological polar surface area (TPSA) is 86.9 Å². The number of amides is 2. The maximum atomic E-state index is 12.7. The van der Waals surface area contributed by atoms with Gasteiger partial charge in [0.05, 0.1) is 11.0 Å². The molecule has 0 atom stereocenters. The molecule has 1 aromatic heterocycles. The second-order valence-electron chi connectivity index (χ2n) is 9.23. The Morgan fingerprint density at radius 3 is 2.42 bits per heavy atom. The van der Waals surface area contributed by atoms with E-state index in [4.69, 9.17) is 0 Å². The van der Waals surface area contributed by atoms with E-state index < -0.39 is 5.41 Å². The lowest BCUT2D eigenvalue weighted by Gasteiger charge is -2.15. The van der Waals surface area contributed by atoms with Gasteiger partial charge in [-0.25, -0.2) is 4.98 Å². The van der Waals surface area contributed by atoms with Crippen molar-refractivity contribution in [2.24, 2.45) is 5.41 Å². The molecule has 0 unspecified atom stereocenters. The lowest BCUT2D eigenvalue weighted by Crippen LogP contribution is -2.28. The number of nitrogens with one attached hydrogen (secondary N) is 3. The van der Waals surface area contributed by atoms with Gasteiger partial charge in [0.1, 0.15) is 0 Å². The van der Waals surface area contributed by atoms with E-state index in [-0.39, 0.29) is 11.8 Å². The molecule has 4 rings (SSSR count). The van der Waals surface area contributed by atoms with Crippen molar-refractivity contribution in [3.05, 3.63) is 83.4 Å². The summed E-state index contributed by atoms with van der Waals surface area (Å²) in [5.74, 6) is 0.208. The summed E-state index contributed by atoms with van der Waals surface area (Å²) < 4.78 is 0. The zero-order valence-corrected chi connectivity index (χ0v) is 19.3. The molecule has 0 spiro atoms. The summed E-state index contributed by atoms with van der Waals surface area (Å²) in [5, 5.41) is 5.82. The molecule has 2 amide bonds. The van der Waals surface area contributed by atoms with Crippen LogP contribution in [0.15, 0.2) is 66.7 Å². The number of aryl methyl sites for hydroxylation is 1. The number of imidazole rings is 1. The zero-order chi connectivity index (χ0) is 23.6. The Balaban J connectivity index is 1.57. The third-order valence-electron chi connectivity index (χ3n) is 5.44. The number of carbonyl (C=O) groups excluding carboxylic acids is 2. The van der Waals surface area contributed by atoms with Crippen molar-refractivity contribution in [1.82, 2.24) is 15.3 Å². The predicted octanol–water partition coefficient (Wildman–Crippen LogP) is 5.45. The highest BCUT2D eigenvalue weighted by Gasteiger charge is 2.22. The fourth-order valence-electron chi connectivity index (χ4n) is 3.53. The standard InChI is InChI=1S/C27H28N4O2/c1-17-13-21(15-22-23(17)30-26(29-22)31-25(33)27(2,3)4)19-11-8-12-20(14-19)24(32)28-16-18-9-6-5-7-10-18/h5-15H,16H2,1-4H3,(H,28,32)(H2,29,30,31,33). The molecular formula is C27H28N4O2. The number of aromatic amines is 1. The summed E-state index contributed by atoms with van der Waals surface area (Å²) in [6.45, 7) is 8.04. The molecule has 3 N–H and O–H groups in total. The van der Waals surface area contributed by atoms with Crippen LogP contribution in [0.1, 0.15) is 42.3 Å². The van der Waals surface area contributed by atoms with Gasteiger partial charge in [0.25, 0.3) is 5.91 Å². The number of aromatic nitrogens is 2. The van der Waals surface area contributed by atoms with Gasteiger partial charge in [0, 0.05) is 17.5 Å². The Kier molecular flexibility index (Phi) is 6.01. The normalized spacial score (nSPS) is 11.4. The van der Waals surface area contributed by atoms with Crippen LogP contribution >= 0.6 is 0 Å². The second-order valence-corrected chi connectivity index (χ2v) is 9.23. The van der Waals surface area contributed by atoms with Crippen LogP contribution in [0, 0.1) is 12.3 Å². The van der Waals surface area contributed by atoms with E-state index in [1.165, 1.54) is 0 Å². The van der Waals surface area contributed by atoms with Crippen LogP contribution < -0.4 is 10.6 Å². The molecule has 0 saturated heterocycles. The van der Waals surface area contributed by atoms with Crippen LogP contribution in [-0.4, -0.2) is 21.8 Å². The Bertz CT molecular complexity index is 1320. The number of carbonyl (C=O) groups is 2. The molecule has 33 heavy (non-hydrogen) atoms. The second kappa shape index (κ2) is 8.90. The van der Waals surface area contributed by atoms with Crippen LogP contribution in [-0.2, 0) is 11.3 Å². The molecule has 6 heteroatoms. The molecule has 6 nitrogen and oxygen atoms in total. The summed E-state index contributed by atoms with van der Waals surface area (Å²) >= 11 is 0. The molecule has 0 aliphatic heterocycles. The monoisotopic (exact) mass is 440 g/mol. The molecule has 0 bridgehead atoms. The number of anilines is 1. The zero-order valence-electron chi connectivity index (χ0n) is 19.3. The average Bonchev–Trinajstić information content (AvgIpc) is 3.20. The lowest BCUT2D eigenvalue weighted by atomic mass is 9.96. The Morgan fingerprint density at radius 1 is 0.939 bits per heavy atom. The maximum absolute atomic E-state index is 12.7. The quantitative estimate of drug-likeness (QED) is 0.385. The predicted molar refractivity (Wildman–Crippen MR) is 132 cm³/mol. The molecule has 0 aliphatic carbocycles. The molecular weight excluding hydrogens is 412 g/mol. The SMILES string of the molecule is Cc1cc(-c2cccc(C(=O)NCc3ccccc3)c2)cc2[nH]c(NC(=O)C(C)(C)C)nc12. The summed E-state index contributed by atoms with van der Waals surface area (Å²) in [7, 11) is 0. The number of benzene rings is 3. The van der Waals surface area contributed by atoms with E-state index in [1.807, 2.05) is 94.4 Å². The van der Waals surface area contributed by atoms with Gasteiger partial charge in [-0.05, 0) is 53.4 Å². The van der Waals surface area contributed by atoms with Crippen molar-refractivity contribution in [2.45, 2.75) is 34.2 Å². The van der Waals surface area contributed by atoms with Crippen molar-refractivity contribution < 1.29 is 9.59 Å². The number of hydrogen-bond acceptors (Lipinski definition) is 3. The minimum absolute atomic E-state index is 0.103. The van der Waals surface area contributed by atoms with Gasteiger partial charge in [-0.1, -0.05) is 63.2 Å². The van der Waals surface area contributed by atoms with E-state index in [0.29, 0.717) is 18.1 Å². The highest BCUT2D eigenvalue weighted by atomic mass is 16.2. The smallest absolute Gasteiger partial charge is 0.251 e. The van der Waals surface area contributed by atoms with Gasteiger partial charge in [-0.2, -0.15) is 0 Å². The number of hydrogen-bond donors (Lipinski definition) is 3. The number of fused-ring (bicyclic) bond motifs is 1. The molecule has 0 fully saturated rings. The first-order valence-corrected chi connectivity index (χ1v) is 10.9.